The van der Waals surface area contributed by atoms with E-state index >= 15 is 0 Å². The Labute approximate surface area is 110 Å². The van der Waals surface area contributed by atoms with Crippen LogP contribution in [0.2, 0.25) is 0 Å². The SMILES string of the molecule is CCOc1ccccc1OCc1cc(C(=O)O)co1. The Bertz CT molecular complexity index is 558. The maximum Gasteiger partial charge on any atom is 0.338 e. The van der Waals surface area contributed by atoms with E-state index in [1.54, 1.807) is 6.07 Å². The molecular weight excluding hydrogens is 248 g/mol. The lowest BCUT2D eigenvalue weighted by atomic mass is 10.3. The van der Waals surface area contributed by atoms with Crippen molar-refractivity contribution in [3.05, 3.63) is 47.9 Å². The van der Waals surface area contributed by atoms with Gasteiger partial charge in [0.2, 0.25) is 0 Å². The van der Waals surface area contributed by atoms with Crippen LogP contribution >= 0.6 is 0 Å². The van der Waals surface area contributed by atoms with E-state index in [4.69, 9.17) is 19.0 Å². The average molecular weight is 262 g/mol. The van der Waals surface area contributed by atoms with Gasteiger partial charge < -0.3 is 19.0 Å². The van der Waals surface area contributed by atoms with Crippen LogP contribution in [0.25, 0.3) is 0 Å². The molecule has 19 heavy (non-hydrogen) atoms. The molecule has 0 unspecified atom stereocenters. The molecule has 2 aromatic rings. The fourth-order valence-corrected chi connectivity index (χ4v) is 1.56. The van der Waals surface area contributed by atoms with Crippen LogP contribution in [0.1, 0.15) is 23.0 Å². The highest BCUT2D eigenvalue weighted by Crippen LogP contribution is 2.27. The highest BCUT2D eigenvalue weighted by Gasteiger charge is 2.10. The minimum Gasteiger partial charge on any atom is -0.490 e. The summed E-state index contributed by atoms with van der Waals surface area (Å²) in [5.41, 5.74) is 0.108. The summed E-state index contributed by atoms with van der Waals surface area (Å²) in [6, 6.07) is 8.72. The molecule has 1 N–H and O–H groups in total. The van der Waals surface area contributed by atoms with Crippen molar-refractivity contribution in [3.63, 3.8) is 0 Å². The van der Waals surface area contributed by atoms with Gasteiger partial charge in [-0.3, -0.25) is 0 Å². The normalized spacial score (nSPS) is 10.2. The molecule has 5 heteroatoms. The summed E-state index contributed by atoms with van der Waals surface area (Å²) < 4.78 is 16.1. The predicted molar refractivity (Wildman–Crippen MR) is 67.6 cm³/mol. The number of rotatable bonds is 6. The summed E-state index contributed by atoms with van der Waals surface area (Å²) in [6.07, 6.45) is 1.19. The second-order valence-corrected chi connectivity index (χ2v) is 3.78. The summed E-state index contributed by atoms with van der Waals surface area (Å²) in [4.78, 5) is 10.7. The molecule has 1 aromatic carbocycles. The topological polar surface area (TPSA) is 68.9 Å². The summed E-state index contributed by atoms with van der Waals surface area (Å²) >= 11 is 0. The second kappa shape index (κ2) is 5.95. The van der Waals surface area contributed by atoms with E-state index < -0.39 is 5.97 Å². The zero-order valence-electron chi connectivity index (χ0n) is 10.5. The van der Waals surface area contributed by atoms with Crippen LogP contribution in [0, 0.1) is 0 Å². The molecule has 0 aliphatic rings. The van der Waals surface area contributed by atoms with Gasteiger partial charge in [0.05, 0.1) is 12.2 Å². The molecule has 0 fully saturated rings. The van der Waals surface area contributed by atoms with Gasteiger partial charge in [-0.15, -0.1) is 0 Å². The minimum atomic E-state index is -1.02. The molecule has 0 radical (unpaired) electrons. The van der Waals surface area contributed by atoms with Crippen molar-refractivity contribution in [2.75, 3.05) is 6.61 Å². The van der Waals surface area contributed by atoms with E-state index in [9.17, 15) is 4.79 Å². The number of furan rings is 1. The van der Waals surface area contributed by atoms with Gasteiger partial charge in [-0.2, -0.15) is 0 Å². The second-order valence-electron chi connectivity index (χ2n) is 3.78. The third-order valence-corrected chi connectivity index (χ3v) is 2.42. The van der Waals surface area contributed by atoms with E-state index in [1.807, 2.05) is 25.1 Å². The minimum absolute atomic E-state index is 0.108. The van der Waals surface area contributed by atoms with Gasteiger partial charge in [0.15, 0.2) is 11.5 Å². The molecule has 0 saturated carbocycles. The van der Waals surface area contributed by atoms with Crippen molar-refractivity contribution in [1.82, 2.24) is 0 Å². The van der Waals surface area contributed by atoms with Gasteiger partial charge in [0.1, 0.15) is 18.6 Å². The Morgan fingerprint density at radius 2 is 1.95 bits per heavy atom. The largest absolute Gasteiger partial charge is 0.490 e. The van der Waals surface area contributed by atoms with Crippen LogP contribution in [0.5, 0.6) is 11.5 Å². The van der Waals surface area contributed by atoms with Crippen LogP contribution in [0.3, 0.4) is 0 Å². The lowest BCUT2D eigenvalue weighted by molar-refractivity contribution is 0.0696. The van der Waals surface area contributed by atoms with E-state index in [0.717, 1.165) is 0 Å². The maximum atomic E-state index is 10.7. The molecule has 0 aliphatic carbocycles. The number of hydrogen-bond donors (Lipinski definition) is 1. The molecule has 0 spiro atoms. The van der Waals surface area contributed by atoms with Crippen molar-refractivity contribution in [2.24, 2.45) is 0 Å². The lowest BCUT2D eigenvalue weighted by Crippen LogP contribution is -1.99. The van der Waals surface area contributed by atoms with Crippen molar-refractivity contribution in [2.45, 2.75) is 13.5 Å². The van der Waals surface area contributed by atoms with Crippen LogP contribution in [0.4, 0.5) is 0 Å². The Kier molecular flexibility index (Phi) is 4.07. The summed E-state index contributed by atoms with van der Waals surface area (Å²) in [6.45, 7) is 2.59. The molecule has 0 aliphatic heterocycles. The number of hydrogen-bond acceptors (Lipinski definition) is 4. The summed E-state index contributed by atoms with van der Waals surface area (Å²) in [5.74, 6) is 0.668. The molecular formula is C14H14O5. The molecule has 1 aromatic heterocycles. The van der Waals surface area contributed by atoms with E-state index in [0.29, 0.717) is 23.9 Å². The highest BCUT2D eigenvalue weighted by atomic mass is 16.5. The fourth-order valence-electron chi connectivity index (χ4n) is 1.56. The smallest absolute Gasteiger partial charge is 0.338 e. The van der Waals surface area contributed by atoms with E-state index in [1.165, 1.54) is 12.3 Å². The van der Waals surface area contributed by atoms with Crippen LogP contribution in [-0.2, 0) is 6.61 Å². The van der Waals surface area contributed by atoms with Crippen LogP contribution in [-0.4, -0.2) is 17.7 Å². The van der Waals surface area contributed by atoms with Gasteiger partial charge in [-0.05, 0) is 25.1 Å². The molecule has 1 heterocycles. The summed E-state index contributed by atoms with van der Waals surface area (Å²) in [5, 5.41) is 8.78. The van der Waals surface area contributed by atoms with Crippen molar-refractivity contribution in [3.8, 4) is 11.5 Å². The zero-order valence-corrected chi connectivity index (χ0v) is 10.5. The first-order chi connectivity index (χ1) is 9.20. The van der Waals surface area contributed by atoms with Gasteiger partial charge in [-0.1, -0.05) is 12.1 Å². The Hall–Kier alpha value is -2.43. The lowest BCUT2D eigenvalue weighted by Gasteiger charge is -2.10. The standard InChI is InChI=1S/C14H14O5/c1-2-17-12-5-3-4-6-13(12)19-9-11-7-10(8-18-11)14(15)16/h3-8H,2,9H2,1H3,(H,15,16). The monoisotopic (exact) mass is 262 g/mol. The van der Waals surface area contributed by atoms with Gasteiger partial charge in [-0.25, -0.2) is 4.79 Å². The summed E-state index contributed by atoms with van der Waals surface area (Å²) in [7, 11) is 0. The fraction of sp³-hybridized carbons (Fsp3) is 0.214. The first-order valence-electron chi connectivity index (χ1n) is 5.86. The maximum absolute atomic E-state index is 10.7. The third kappa shape index (κ3) is 3.28. The molecule has 0 amide bonds. The van der Waals surface area contributed by atoms with Crippen molar-refractivity contribution in [1.29, 1.82) is 0 Å². The number of ether oxygens (including phenoxy) is 2. The number of carboxylic acid groups (broad SMARTS) is 1. The zero-order chi connectivity index (χ0) is 13.7. The molecule has 0 atom stereocenters. The third-order valence-electron chi connectivity index (χ3n) is 2.42. The van der Waals surface area contributed by atoms with Crippen molar-refractivity contribution >= 4 is 5.97 Å². The van der Waals surface area contributed by atoms with Gasteiger partial charge in [0, 0.05) is 0 Å². The number of benzene rings is 1. The molecule has 100 valence electrons. The highest BCUT2D eigenvalue weighted by molar-refractivity contribution is 5.87. The van der Waals surface area contributed by atoms with Crippen LogP contribution in [0.15, 0.2) is 41.0 Å². The predicted octanol–water partition coefficient (Wildman–Crippen LogP) is 2.96. The Morgan fingerprint density at radius 1 is 1.26 bits per heavy atom. The first kappa shape index (κ1) is 13.0. The van der Waals surface area contributed by atoms with E-state index in [-0.39, 0.29) is 12.2 Å². The number of carbonyl (C=O) groups is 1. The molecule has 5 nitrogen and oxygen atoms in total. The number of aromatic carboxylic acids is 1. The van der Waals surface area contributed by atoms with Crippen molar-refractivity contribution < 1.29 is 23.8 Å². The molecule has 0 saturated heterocycles. The quantitative estimate of drug-likeness (QED) is 0.866. The van der Waals surface area contributed by atoms with E-state index in [2.05, 4.69) is 0 Å². The number of carboxylic acids is 1. The molecule has 2 rings (SSSR count). The number of para-hydroxylation sites is 2. The van der Waals surface area contributed by atoms with Gasteiger partial charge >= 0.3 is 5.97 Å². The average Bonchev–Trinajstić information content (AvgIpc) is 2.87. The Morgan fingerprint density at radius 3 is 2.53 bits per heavy atom. The Balaban J connectivity index is 2.03. The van der Waals surface area contributed by atoms with Gasteiger partial charge in [0.25, 0.3) is 0 Å². The van der Waals surface area contributed by atoms with Crippen LogP contribution < -0.4 is 9.47 Å². The molecule has 0 bridgehead atoms. The first-order valence-corrected chi connectivity index (χ1v) is 5.86.